The van der Waals surface area contributed by atoms with Gasteiger partial charge in [0.25, 0.3) is 0 Å². The maximum Gasteiger partial charge on any atom is 0.303 e. The molecule has 138 valence electrons. The maximum absolute atomic E-state index is 12.7. The van der Waals surface area contributed by atoms with Crippen molar-refractivity contribution in [3.8, 4) is 0 Å². The number of carbonyl (C=O) groups is 3. The van der Waals surface area contributed by atoms with Crippen LogP contribution in [0.5, 0.6) is 0 Å². The fraction of sp³-hybridized carbons (Fsp3) is 0.786. The van der Waals surface area contributed by atoms with Crippen molar-refractivity contribution < 1.29 is 42.3 Å². The smallest absolute Gasteiger partial charge is 0.303 e. The third-order valence-electron chi connectivity index (χ3n) is 3.37. The van der Waals surface area contributed by atoms with Gasteiger partial charge in [0.2, 0.25) is 0 Å². The molecule has 1 heterocycles. The number of hydrogen-bond donors (Lipinski definition) is 0. The third kappa shape index (κ3) is 4.99. The van der Waals surface area contributed by atoms with E-state index in [1.807, 2.05) is 0 Å². The standard InChI is InChI=1S/C14H22O9S/c1-7(15)21-6-10-11(19-4)12(22-8(2)16)13(23-9(3)17)14(20-5)24(10)18/h10-14H,6H2,1-5H3/t10-,11-,12+,13-,14+,24+/m1/s1. The molecule has 6 atom stereocenters. The van der Waals surface area contributed by atoms with Gasteiger partial charge in [-0.2, -0.15) is 0 Å². The molecule has 0 amide bonds. The van der Waals surface area contributed by atoms with E-state index in [2.05, 4.69) is 0 Å². The number of rotatable bonds is 6. The lowest BCUT2D eigenvalue weighted by Gasteiger charge is -2.43. The fourth-order valence-corrected chi connectivity index (χ4v) is 4.25. The number of methoxy groups -OCH3 is 2. The molecule has 0 N–H and O–H groups in total. The zero-order valence-corrected chi connectivity index (χ0v) is 15.0. The van der Waals surface area contributed by atoms with Gasteiger partial charge in [-0.05, 0) is 0 Å². The van der Waals surface area contributed by atoms with Crippen LogP contribution in [0.3, 0.4) is 0 Å². The lowest BCUT2D eigenvalue weighted by atomic mass is 10.0. The fourth-order valence-electron chi connectivity index (χ4n) is 2.51. The molecule has 0 aromatic carbocycles. The normalized spacial score (nSPS) is 32.7. The van der Waals surface area contributed by atoms with Gasteiger partial charge in [-0.3, -0.25) is 18.6 Å². The number of esters is 3. The first-order valence-corrected chi connectivity index (χ1v) is 8.43. The summed E-state index contributed by atoms with van der Waals surface area (Å²) in [5.74, 6) is -1.83. The summed E-state index contributed by atoms with van der Waals surface area (Å²) in [6.45, 7) is 3.36. The second kappa shape index (κ2) is 9.09. The van der Waals surface area contributed by atoms with E-state index in [9.17, 15) is 18.6 Å². The van der Waals surface area contributed by atoms with Crippen molar-refractivity contribution in [3.05, 3.63) is 0 Å². The molecule has 0 spiro atoms. The molecule has 1 saturated heterocycles. The van der Waals surface area contributed by atoms with Gasteiger partial charge < -0.3 is 23.7 Å². The molecular formula is C14H22O9S. The van der Waals surface area contributed by atoms with Gasteiger partial charge >= 0.3 is 17.9 Å². The van der Waals surface area contributed by atoms with Crippen LogP contribution in [-0.2, 0) is 48.9 Å². The molecule has 1 aliphatic heterocycles. The summed E-state index contributed by atoms with van der Waals surface area (Å²) in [6, 6.07) is 0. The van der Waals surface area contributed by atoms with E-state index in [1.165, 1.54) is 35.0 Å². The first kappa shape index (κ1) is 20.5. The summed E-state index contributed by atoms with van der Waals surface area (Å²) in [5.41, 5.74) is -1.06. The lowest BCUT2D eigenvalue weighted by molar-refractivity contribution is -0.188. The van der Waals surface area contributed by atoms with Crippen LogP contribution in [0.1, 0.15) is 20.8 Å². The molecule has 0 unspecified atom stereocenters. The van der Waals surface area contributed by atoms with E-state index in [0.29, 0.717) is 0 Å². The Morgan fingerprint density at radius 3 is 1.79 bits per heavy atom. The van der Waals surface area contributed by atoms with E-state index in [1.54, 1.807) is 0 Å². The van der Waals surface area contributed by atoms with E-state index < -0.39 is 57.7 Å². The summed E-state index contributed by atoms with van der Waals surface area (Å²) in [6.07, 6.45) is -3.08. The van der Waals surface area contributed by atoms with E-state index >= 15 is 0 Å². The summed E-state index contributed by atoms with van der Waals surface area (Å²) >= 11 is 0. The predicted molar refractivity (Wildman–Crippen MR) is 81.3 cm³/mol. The SMILES string of the molecule is CO[C@H]1[C@H](OC(C)=O)[C@@H](OC(C)=O)[C@@H](OC)[S@@](=O)[C@@H]1COC(C)=O. The molecule has 0 aromatic rings. The Bertz CT molecular complexity index is 506. The first-order valence-electron chi connectivity index (χ1n) is 7.15. The predicted octanol–water partition coefficient (Wildman–Crippen LogP) is -0.469. The molecule has 0 radical (unpaired) electrons. The molecule has 0 aromatic heterocycles. The average molecular weight is 366 g/mol. The Morgan fingerprint density at radius 2 is 1.38 bits per heavy atom. The van der Waals surface area contributed by atoms with Crippen LogP contribution < -0.4 is 0 Å². The highest BCUT2D eigenvalue weighted by Gasteiger charge is 2.54. The summed E-state index contributed by atoms with van der Waals surface area (Å²) < 4.78 is 38.6. The van der Waals surface area contributed by atoms with Crippen molar-refractivity contribution in [2.45, 2.75) is 49.8 Å². The van der Waals surface area contributed by atoms with Crippen LogP contribution >= 0.6 is 0 Å². The van der Waals surface area contributed by atoms with Gasteiger partial charge in [-0.15, -0.1) is 0 Å². The van der Waals surface area contributed by atoms with E-state index in [-0.39, 0.29) is 6.61 Å². The monoisotopic (exact) mass is 366 g/mol. The highest BCUT2D eigenvalue weighted by molar-refractivity contribution is 7.86. The average Bonchev–Trinajstić information content (AvgIpc) is 2.47. The van der Waals surface area contributed by atoms with E-state index in [0.717, 1.165) is 0 Å². The van der Waals surface area contributed by atoms with Crippen molar-refractivity contribution in [3.63, 3.8) is 0 Å². The molecule has 9 nitrogen and oxygen atoms in total. The molecular weight excluding hydrogens is 344 g/mol. The zero-order chi connectivity index (χ0) is 18.4. The number of ether oxygens (including phenoxy) is 5. The number of carbonyl (C=O) groups excluding carboxylic acids is 3. The van der Waals surface area contributed by atoms with Crippen molar-refractivity contribution in [2.75, 3.05) is 20.8 Å². The highest BCUT2D eigenvalue weighted by Crippen LogP contribution is 2.31. The van der Waals surface area contributed by atoms with Crippen molar-refractivity contribution in [1.82, 2.24) is 0 Å². The van der Waals surface area contributed by atoms with Gasteiger partial charge in [0.1, 0.15) is 18.0 Å². The minimum Gasteiger partial charge on any atom is -0.464 e. The van der Waals surface area contributed by atoms with Crippen LogP contribution in [-0.4, -0.2) is 71.9 Å². The molecule has 1 aliphatic rings. The van der Waals surface area contributed by atoms with E-state index in [4.69, 9.17) is 23.7 Å². The van der Waals surface area contributed by atoms with Crippen LogP contribution in [0.4, 0.5) is 0 Å². The van der Waals surface area contributed by atoms with Crippen molar-refractivity contribution in [1.29, 1.82) is 0 Å². The summed E-state index contributed by atoms with van der Waals surface area (Å²) in [5, 5.41) is -0.819. The Balaban J connectivity index is 3.21. The second-order valence-electron chi connectivity index (χ2n) is 5.12. The summed E-state index contributed by atoms with van der Waals surface area (Å²) in [7, 11) is 0.885. The van der Waals surface area contributed by atoms with Gasteiger partial charge in [-0.1, -0.05) is 0 Å². The Morgan fingerprint density at radius 1 is 0.833 bits per heavy atom. The third-order valence-corrected chi connectivity index (χ3v) is 5.29. The topological polar surface area (TPSA) is 114 Å². The minimum absolute atomic E-state index is 0.217. The molecule has 10 heteroatoms. The van der Waals surface area contributed by atoms with Gasteiger partial charge in [0.05, 0.1) is 10.8 Å². The van der Waals surface area contributed by atoms with Gasteiger partial charge in [0.15, 0.2) is 17.6 Å². The Kier molecular flexibility index (Phi) is 7.77. The van der Waals surface area contributed by atoms with Gasteiger partial charge in [-0.25, -0.2) is 0 Å². The maximum atomic E-state index is 12.7. The largest absolute Gasteiger partial charge is 0.464 e. The zero-order valence-electron chi connectivity index (χ0n) is 14.2. The molecule has 1 rings (SSSR count). The molecule has 1 fully saturated rings. The van der Waals surface area contributed by atoms with Crippen molar-refractivity contribution >= 4 is 28.7 Å². The Hall–Kier alpha value is -1.52. The molecule has 0 saturated carbocycles. The van der Waals surface area contributed by atoms with Crippen LogP contribution in [0.2, 0.25) is 0 Å². The first-order chi connectivity index (χ1) is 11.2. The van der Waals surface area contributed by atoms with Crippen LogP contribution in [0.15, 0.2) is 0 Å². The van der Waals surface area contributed by atoms with Crippen LogP contribution in [0.25, 0.3) is 0 Å². The number of hydrogen-bond acceptors (Lipinski definition) is 9. The quantitative estimate of drug-likeness (QED) is 0.454. The summed E-state index contributed by atoms with van der Waals surface area (Å²) in [4.78, 5) is 33.9. The lowest BCUT2D eigenvalue weighted by Crippen LogP contribution is -2.63. The molecule has 0 aliphatic carbocycles. The highest BCUT2D eigenvalue weighted by atomic mass is 32.2. The van der Waals surface area contributed by atoms with Gasteiger partial charge in [0, 0.05) is 35.0 Å². The second-order valence-corrected chi connectivity index (χ2v) is 6.85. The minimum atomic E-state index is -1.74. The van der Waals surface area contributed by atoms with Crippen LogP contribution in [0, 0.1) is 0 Å². The van der Waals surface area contributed by atoms with Crippen molar-refractivity contribution in [2.24, 2.45) is 0 Å². The molecule has 0 bridgehead atoms. The molecule has 24 heavy (non-hydrogen) atoms. The Labute approximate surface area is 142 Å².